The van der Waals surface area contributed by atoms with Gasteiger partial charge in [-0.15, -0.1) is 0 Å². The molecule has 0 rings (SSSR count). The predicted octanol–water partition coefficient (Wildman–Crippen LogP) is 2.54. The van der Waals surface area contributed by atoms with E-state index in [1.807, 2.05) is 0 Å². The molecule has 0 aliphatic carbocycles. The lowest BCUT2D eigenvalue weighted by Crippen LogP contribution is -2.31. The van der Waals surface area contributed by atoms with Crippen molar-refractivity contribution in [3.63, 3.8) is 0 Å². The molecule has 0 saturated carbocycles. The fourth-order valence-corrected chi connectivity index (χ4v) is 0.782. The highest BCUT2D eigenvalue weighted by molar-refractivity contribution is 5.64. The molecule has 0 atom stereocenters. The molecule has 78 valence electrons. The predicted molar refractivity (Wildman–Crippen MR) is 53.4 cm³/mol. The topological polar surface area (TPSA) is 52.3 Å². The van der Waals surface area contributed by atoms with E-state index in [4.69, 9.17) is 10.5 Å². The van der Waals surface area contributed by atoms with E-state index in [1.165, 1.54) is 0 Å². The summed E-state index contributed by atoms with van der Waals surface area (Å²) in [7, 11) is 0. The zero-order valence-electron chi connectivity index (χ0n) is 9.31. The molecule has 0 aromatic carbocycles. The summed E-state index contributed by atoms with van der Waals surface area (Å²) < 4.78 is 4.71. The number of rotatable bonds is 3. The van der Waals surface area contributed by atoms with E-state index in [2.05, 4.69) is 34.6 Å². The first kappa shape index (κ1) is 12.3. The minimum Gasteiger partial charge on any atom is -0.450 e. The SMILES string of the molecule is CC(C)(C)C(C)(C)CCOC(N)=O. The fraction of sp³-hybridized carbons (Fsp3) is 0.900. The summed E-state index contributed by atoms with van der Waals surface area (Å²) in [5.74, 6) is 0. The van der Waals surface area contributed by atoms with Crippen LogP contribution in [0.4, 0.5) is 4.79 Å². The molecule has 3 heteroatoms. The quantitative estimate of drug-likeness (QED) is 0.738. The third-order valence-electron chi connectivity index (χ3n) is 3.00. The number of primary amides is 1. The highest BCUT2D eigenvalue weighted by atomic mass is 16.5. The zero-order chi connectivity index (χ0) is 10.7. The Morgan fingerprint density at radius 3 is 2.00 bits per heavy atom. The standard InChI is InChI=1S/C10H21NO2/c1-9(2,3)10(4,5)6-7-13-8(11)12/h6-7H2,1-5H3,(H2,11,12). The van der Waals surface area contributed by atoms with E-state index in [0.29, 0.717) is 6.61 Å². The van der Waals surface area contributed by atoms with E-state index in [9.17, 15) is 4.79 Å². The van der Waals surface area contributed by atoms with Crippen LogP contribution in [-0.4, -0.2) is 12.7 Å². The fourth-order valence-electron chi connectivity index (χ4n) is 0.782. The second kappa shape index (κ2) is 3.99. The van der Waals surface area contributed by atoms with Gasteiger partial charge < -0.3 is 10.5 Å². The Morgan fingerprint density at radius 2 is 1.69 bits per heavy atom. The van der Waals surface area contributed by atoms with Crippen LogP contribution in [0.3, 0.4) is 0 Å². The van der Waals surface area contributed by atoms with E-state index in [1.54, 1.807) is 0 Å². The second-order valence-corrected chi connectivity index (χ2v) is 5.05. The Hall–Kier alpha value is -0.730. The van der Waals surface area contributed by atoms with Gasteiger partial charge in [-0.1, -0.05) is 34.6 Å². The van der Waals surface area contributed by atoms with Crippen LogP contribution in [0.25, 0.3) is 0 Å². The van der Waals surface area contributed by atoms with Crippen molar-refractivity contribution >= 4 is 6.09 Å². The third kappa shape index (κ3) is 4.15. The smallest absolute Gasteiger partial charge is 0.404 e. The first-order chi connectivity index (χ1) is 5.67. The van der Waals surface area contributed by atoms with E-state index in [0.717, 1.165) is 6.42 Å². The van der Waals surface area contributed by atoms with Gasteiger partial charge in [-0.3, -0.25) is 0 Å². The number of hydrogen-bond donors (Lipinski definition) is 1. The molecule has 0 aliphatic heterocycles. The maximum absolute atomic E-state index is 10.3. The van der Waals surface area contributed by atoms with E-state index < -0.39 is 6.09 Å². The Morgan fingerprint density at radius 1 is 1.23 bits per heavy atom. The monoisotopic (exact) mass is 187 g/mol. The number of nitrogens with two attached hydrogens (primary N) is 1. The van der Waals surface area contributed by atoms with Crippen molar-refractivity contribution < 1.29 is 9.53 Å². The highest BCUT2D eigenvalue weighted by Gasteiger charge is 2.32. The number of ether oxygens (including phenoxy) is 1. The minimum atomic E-state index is -0.690. The maximum Gasteiger partial charge on any atom is 0.404 e. The first-order valence-corrected chi connectivity index (χ1v) is 4.59. The molecule has 0 aromatic heterocycles. The molecule has 13 heavy (non-hydrogen) atoms. The molecule has 0 fully saturated rings. The zero-order valence-corrected chi connectivity index (χ0v) is 9.31. The molecule has 0 heterocycles. The Labute approximate surface area is 80.6 Å². The van der Waals surface area contributed by atoms with Crippen LogP contribution in [0.15, 0.2) is 0 Å². The van der Waals surface area contributed by atoms with Crippen molar-refractivity contribution in [1.29, 1.82) is 0 Å². The van der Waals surface area contributed by atoms with Gasteiger partial charge in [0.2, 0.25) is 0 Å². The summed E-state index contributed by atoms with van der Waals surface area (Å²) in [6, 6.07) is 0. The van der Waals surface area contributed by atoms with Crippen molar-refractivity contribution in [3.05, 3.63) is 0 Å². The van der Waals surface area contributed by atoms with Gasteiger partial charge in [0.1, 0.15) is 0 Å². The number of carbonyl (C=O) groups excluding carboxylic acids is 1. The van der Waals surface area contributed by atoms with Crippen molar-refractivity contribution in [3.8, 4) is 0 Å². The van der Waals surface area contributed by atoms with Gasteiger partial charge in [-0.2, -0.15) is 0 Å². The molecular weight excluding hydrogens is 166 g/mol. The van der Waals surface area contributed by atoms with Gasteiger partial charge in [-0.25, -0.2) is 4.79 Å². The van der Waals surface area contributed by atoms with Crippen molar-refractivity contribution in [2.45, 2.75) is 41.0 Å². The number of carbonyl (C=O) groups is 1. The van der Waals surface area contributed by atoms with Gasteiger partial charge in [0.05, 0.1) is 6.61 Å². The average molecular weight is 187 g/mol. The maximum atomic E-state index is 10.3. The van der Waals surface area contributed by atoms with Crippen molar-refractivity contribution in [1.82, 2.24) is 0 Å². The molecule has 3 nitrogen and oxygen atoms in total. The Balaban J connectivity index is 3.97. The number of amides is 1. The summed E-state index contributed by atoms with van der Waals surface area (Å²) in [5.41, 5.74) is 5.21. The Bertz CT molecular complexity index is 180. The second-order valence-electron chi connectivity index (χ2n) is 5.05. The van der Waals surface area contributed by atoms with Crippen LogP contribution in [-0.2, 0) is 4.74 Å². The van der Waals surface area contributed by atoms with Crippen molar-refractivity contribution in [2.75, 3.05) is 6.61 Å². The Kier molecular flexibility index (Phi) is 3.76. The van der Waals surface area contributed by atoms with E-state index in [-0.39, 0.29) is 10.8 Å². The summed E-state index contributed by atoms with van der Waals surface area (Å²) >= 11 is 0. The van der Waals surface area contributed by atoms with Gasteiger partial charge in [0, 0.05) is 0 Å². The summed E-state index contributed by atoms with van der Waals surface area (Å²) in [4.78, 5) is 10.3. The lowest BCUT2D eigenvalue weighted by atomic mass is 9.67. The van der Waals surface area contributed by atoms with Crippen LogP contribution in [0, 0.1) is 10.8 Å². The largest absolute Gasteiger partial charge is 0.450 e. The van der Waals surface area contributed by atoms with Crippen LogP contribution in [0.1, 0.15) is 41.0 Å². The molecule has 0 radical (unpaired) electrons. The van der Waals surface area contributed by atoms with Gasteiger partial charge in [0.15, 0.2) is 0 Å². The van der Waals surface area contributed by atoms with Crippen LogP contribution < -0.4 is 5.73 Å². The molecule has 0 aromatic rings. The molecule has 0 bridgehead atoms. The molecule has 0 unspecified atom stereocenters. The minimum absolute atomic E-state index is 0.141. The van der Waals surface area contributed by atoms with Gasteiger partial charge >= 0.3 is 6.09 Å². The summed E-state index contributed by atoms with van der Waals surface area (Å²) in [6.45, 7) is 11.3. The first-order valence-electron chi connectivity index (χ1n) is 4.59. The molecule has 2 N–H and O–H groups in total. The lowest BCUT2D eigenvalue weighted by molar-refractivity contribution is 0.0780. The molecule has 0 aliphatic rings. The molecule has 0 spiro atoms. The summed E-state index contributed by atoms with van der Waals surface area (Å²) in [5, 5.41) is 0. The summed E-state index contributed by atoms with van der Waals surface area (Å²) in [6.07, 6.45) is 0.143. The molecular formula is C10H21NO2. The van der Waals surface area contributed by atoms with Gasteiger partial charge in [0.25, 0.3) is 0 Å². The molecule has 0 saturated heterocycles. The van der Waals surface area contributed by atoms with E-state index >= 15 is 0 Å². The van der Waals surface area contributed by atoms with Crippen LogP contribution >= 0.6 is 0 Å². The van der Waals surface area contributed by atoms with Gasteiger partial charge in [-0.05, 0) is 17.3 Å². The lowest BCUT2D eigenvalue weighted by Gasteiger charge is -2.38. The average Bonchev–Trinajstić information content (AvgIpc) is 1.82. The van der Waals surface area contributed by atoms with Crippen LogP contribution in [0.5, 0.6) is 0 Å². The third-order valence-corrected chi connectivity index (χ3v) is 3.00. The number of hydrogen-bond acceptors (Lipinski definition) is 2. The highest BCUT2D eigenvalue weighted by Crippen LogP contribution is 2.40. The molecule has 1 amide bonds. The normalized spacial score (nSPS) is 12.7. The van der Waals surface area contributed by atoms with Crippen molar-refractivity contribution in [2.24, 2.45) is 16.6 Å². The van der Waals surface area contributed by atoms with Crippen LogP contribution in [0.2, 0.25) is 0 Å².